The van der Waals surface area contributed by atoms with Gasteiger partial charge in [-0.25, -0.2) is 9.37 Å². The maximum Gasteiger partial charge on any atom is 0.246 e. The van der Waals surface area contributed by atoms with Crippen molar-refractivity contribution < 1.29 is 18.8 Å². The molecule has 2 aromatic rings. The molecule has 2 bridgehead atoms. The minimum atomic E-state index is -0.480. The molecule has 1 aromatic heterocycles. The summed E-state index contributed by atoms with van der Waals surface area (Å²) in [6.07, 6.45) is 4.89. The second-order valence-electron chi connectivity index (χ2n) is 6.94. The van der Waals surface area contributed by atoms with E-state index in [0.717, 1.165) is 22.7 Å². The van der Waals surface area contributed by atoms with E-state index in [1.165, 1.54) is 18.2 Å². The number of allylic oxidation sites excluding steroid dienone is 2. The Kier molecular flexibility index (Phi) is 3.27. The summed E-state index contributed by atoms with van der Waals surface area (Å²) in [6.45, 7) is -0.311. The number of anilines is 1. The van der Waals surface area contributed by atoms with Crippen molar-refractivity contribution in [3.8, 4) is 0 Å². The van der Waals surface area contributed by atoms with Crippen LogP contribution in [0.25, 0.3) is 10.2 Å². The van der Waals surface area contributed by atoms with Gasteiger partial charge in [-0.1, -0.05) is 23.5 Å². The van der Waals surface area contributed by atoms with Crippen LogP contribution in [0.1, 0.15) is 6.42 Å². The number of benzene rings is 1. The van der Waals surface area contributed by atoms with E-state index in [4.69, 9.17) is 0 Å². The molecule has 26 heavy (non-hydrogen) atoms. The Morgan fingerprint density at radius 3 is 2.62 bits per heavy atom. The van der Waals surface area contributed by atoms with Gasteiger partial charge in [-0.15, -0.1) is 0 Å². The summed E-state index contributed by atoms with van der Waals surface area (Å²) in [5, 5.41) is 2.92. The Bertz CT molecular complexity index is 971. The summed E-state index contributed by atoms with van der Waals surface area (Å²) in [4.78, 5) is 42.8. The number of aromatic nitrogens is 1. The number of hydrogen-bond donors (Lipinski definition) is 1. The van der Waals surface area contributed by atoms with E-state index in [0.29, 0.717) is 15.3 Å². The van der Waals surface area contributed by atoms with E-state index in [1.54, 1.807) is 0 Å². The van der Waals surface area contributed by atoms with Gasteiger partial charge in [0.15, 0.2) is 5.13 Å². The highest BCUT2D eigenvalue weighted by atomic mass is 32.1. The number of amides is 3. The molecule has 2 fully saturated rings. The number of fused-ring (bicyclic) bond motifs is 6. The SMILES string of the molecule is O=C(CN1C(=O)[C@@H]2[C@H](C1=O)[C@H]1C=C[C@@H]2C1)Nc1nc2ccc(F)cc2s1. The van der Waals surface area contributed by atoms with Crippen molar-refractivity contribution in [1.29, 1.82) is 0 Å². The molecule has 1 saturated carbocycles. The Balaban J connectivity index is 1.31. The second-order valence-corrected chi connectivity index (χ2v) is 7.97. The number of likely N-dealkylation sites (tertiary alicyclic amines) is 1. The van der Waals surface area contributed by atoms with E-state index in [2.05, 4.69) is 10.3 Å². The van der Waals surface area contributed by atoms with Gasteiger partial charge >= 0.3 is 0 Å². The van der Waals surface area contributed by atoms with E-state index >= 15 is 0 Å². The fourth-order valence-corrected chi connectivity index (χ4v) is 5.28. The Morgan fingerprint density at radius 2 is 1.92 bits per heavy atom. The number of carbonyl (C=O) groups is 3. The lowest BCUT2D eigenvalue weighted by Crippen LogP contribution is -2.39. The molecule has 3 aliphatic rings. The Morgan fingerprint density at radius 1 is 1.23 bits per heavy atom. The maximum atomic E-state index is 13.3. The molecule has 1 aromatic carbocycles. The minimum absolute atomic E-state index is 0.119. The normalized spacial score (nSPS) is 29.0. The van der Waals surface area contributed by atoms with Crippen LogP contribution in [0.4, 0.5) is 9.52 Å². The van der Waals surface area contributed by atoms with E-state index < -0.39 is 5.91 Å². The first-order valence-corrected chi connectivity index (χ1v) is 9.22. The van der Waals surface area contributed by atoms with Crippen LogP contribution in [0.3, 0.4) is 0 Å². The predicted molar refractivity (Wildman–Crippen MR) is 92.6 cm³/mol. The van der Waals surface area contributed by atoms with E-state index in [1.807, 2.05) is 12.2 Å². The zero-order valence-corrected chi connectivity index (χ0v) is 14.3. The van der Waals surface area contributed by atoms with E-state index in [-0.39, 0.29) is 47.8 Å². The van der Waals surface area contributed by atoms with Crippen molar-refractivity contribution in [1.82, 2.24) is 9.88 Å². The minimum Gasteiger partial charge on any atom is -0.300 e. The molecule has 6 nitrogen and oxygen atoms in total. The zero-order chi connectivity index (χ0) is 18.0. The van der Waals surface area contributed by atoms with Crippen molar-refractivity contribution in [2.75, 3.05) is 11.9 Å². The third kappa shape index (κ3) is 2.21. The molecule has 2 aliphatic carbocycles. The quantitative estimate of drug-likeness (QED) is 0.663. The molecule has 132 valence electrons. The predicted octanol–water partition coefficient (Wildman–Crippen LogP) is 2.18. The van der Waals surface area contributed by atoms with Crippen molar-refractivity contribution in [2.45, 2.75) is 6.42 Å². The highest BCUT2D eigenvalue weighted by Gasteiger charge is 2.59. The van der Waals surface area contributed by atoms with Crippen LogP contribution in [0.5, 0.6) is 0 Å². The first-order valence-electron chi connectivity index (χ1n) is 8.41. The first-order chi connectivity index (χ1) is 12.5. The number of carbonyl (C=O) groups excluding carboxylic acids is 3. The van der Waals surface area contributed by atoms with Gasteiger partial charge in [-0.3, -0.25) is 19.3 Å². The smallest absolute Gasteiger partial charge is 0.246 e. The third-order valence-corrected chi connectivity index (χ3v) is 6.39. The molecule has 1 saturated heterocycles. The van der Waals surface area contributed by atoms with Crippen molar-refractivity contribution in [3.05, 3.63) is 36.2 Å². The maximum absolute atomic E-state index is 13.3. The Hall–Kier alpha value is -2.61. The van der Waals surface area contributed by atoms with Gasteiger partial charge in [0.05, 0.1) is 22.1 Å². The third-order valence-electron chi connectivity index (χ3n) is 5.46. The van der Waals surface area contributed by atoms with Crippen LogP contribution in [-0.2, 0) is 14.4 Å². The molecule has 0 radical (unpaired) electrons. The van der Waals surface area contributed by atoms with Crippen LogP contribution in [0, 0.1) is 29.5 Å². The summed E-state index contributed by atoms with van der Waals surface area (Å²) in [5.74, 6) is -1.74. The van der Waals surface area contributed by atoms with Gasteiger partial charge in [-0.05, 0) is 36.5 Å². The van der Waals surface area contributed by atoms with Gasteiger partial charge in [0, 0.05) is 0 Å². The summed E-state index contributed by atoms with van der Waals surface area (Å²) >= 11 is 1.15. The average Bonchev–Trinajstić information content (AvgIpc) is 3.34. The molecule has 0 spiro atoms. The zero-order valence-electron chi connectivity index (χ0n) is 13.5. The van der Waals surface area contributed by atoms with Crippen LogP contribution in [0.15, 0.2) is 30.4 Å². The number of nitrogens with one attached hydrogen (secondary N) is 1. The summed E-state index contributed by atoms with van der Waals surface area (Å²) in [5.41, 5.74) is 0.581. The van der Waals surface area contributed by atoms with Crippen molar-refractivity contribution in [2.24, 2.45) is 23.7 Å². The van der Waals surface area contributed by atoms with Crippen LogP contribution < -0.4 is 5.32 Å². The molecule has 3 amide bonds. The van der Waals surface area contributed by atoms with Gasteiger partial charge in [0.1, 0.15) is 12.4 Å². The number of rotatable bonds is 3. The van der Waals surface area contributed by atoms with Crippen LogP contribution in [-0.4, -0.2) is 34.2 Å². The fourth-order valence-electron chi connectivity index (χ4n) is 4.37. The lowest BCUT2D eigenvalue weighted by atomic mass is 9.85. The topological polar surface area (TPSA) is 79.4 Å². The molecule has 0 unspecified atom stereocenters. The number of hydrogen-bond acceptors (Lipinski definition) is 5. The molecular weight excluding hydrogens is 357 g/mol. The fraction of sp³-hybridized carbons (Fsp3) is 0.333. The monoisotopic (exact) mass is 371 g/mol. The highest BCUT2D eigenvalue weighted by molar-refractivity contribution is 7.22. The first kappa shape index (κ1) is 15.6. The van der Waals surface area contributed by atoms with Gasteiger partial charge in [0.25, 0.3) is 0 Å². The van der Waals surface area contributed by atoms with Gasteiger partial charge < -0.3 is 5.32 Å². The summed E-state index contributed by atoms with van der Waals surface area (Å²) in [6, 6.07) is 4.19. The molecule has 1 aliphatic heterocycles. The van der Waals surface area contributed by atoms with E-state index in [9.17, 15) is 18.8 Å². The number of nitrogens with zero attached hydrogens (tertiary/aromatic N) is 2. The standard InChI is InChI=1S/C18H14FN3O3S/c19-10-3-4-11-12(6-10)26-18(20-11)21-13(23)7-22-16(24)14-8-1-2-9(5-8)15(14)17(22)25/h1-4,6,8-9,14-15H,5,7H2,(H,20,21,23)/t8-,9+,14+,15-. The van der Waals surface area contributed by atoms with Crippen LogP contribution >= 0.6 is 11.3 Å². The van der Waals surface area contributed by atoms with Crippen molar-refractivity contribution in [3.63, 3.8) is 0 Å². The Labute approximate surface area is 151 Å². The molecule has 8 heteroatoms. The average molecular weight is 371 g/mol. The molecular formula is C18H14FN3O3S. The largest absolute Gasteiger partial charge is 0.300 e. The molecule has 1 N–H and O–H groups in total. The summed E-state index contributed by atoms with van der Waals surface area (Å²) < 4.78 is 13.9. The molecule has 5 rings (SSSR count). The van der Waals surface area contributed by atoms with Gasteiger partial charge in [0.2, 0.25) is 17.7 Å². The molecule has 2 heterocycles. The highest BCUT2D eigenvalue weighted by Crippen LogP contribution is 2.52. The van der Waals surface area contributed by atoms with Gasteiger partial charge in [-0.2, -0.15) is 0 Å². The lowest BCUT2D eigenvalue weighted by Gasteiger charge is -2.16. The number of thiazole rings is 1. The lowest BCUT2D eigenvalue weighted by molar-refractivity contribution is -0.143. The number of imide groups is 1. The summed E-state index contributed by atoms with van der Waals surface area (Å²) in [7, 11) is 0. The molecule has 4 atom stereocenters. The van der Waals surface area contributed by atoms with Crippen LogP contribution in [0.2, 0.25) is 0 Å². The van der Waals surface area contributed by atoms with Crippen molar-refractivity contribution >= 4 is 44.4 Å². The number of halogens is 1. The second kappa shape index (κ2) is 5.44.